The predicted octanol–water partition coefficient (Wildman–Crippen LogP) is 5.40. The highest BCUT2D eigenvalue weighted by Crippen LogP contribution is 2.35. The SMILES string of the molecule is C=CC=O.COc1cc2ncnc(Nc3ccc(Oc4ccnc(N5CCC(CO)C5)c4)cc3F)c2cc1NC1CCN(C)CC1. The second kappa shape index (κ2) is 15.5. The predicted molar refractivity (Wildman–Crippen MR) is 178 cm³/mol. The van der Waals surface area contributed by atoms with Gasteiger partial charge in [-0.2, -0.15) is 0 Å². The van der Waals surface area contributed by atoms with Crippen LogP contribution in [0.15, 0.2) is 67.6 Å². The van der Waals surface area contributed by atoms with Crippen molar-refractivity contribution in [3.8, 4) is 17.2 Å². The van der Waals surface area contributed by atoms with Crippen LogP contribution in [0.1, 0.15) is 19.3 Å². The maximum absolute atomic E-state index is 15.3. The lowest BCUT2D eigenvalue weighted by molar-refractivity contribution is -0.104. The number of aliphatic hydroxyl groups is 1. The Hall–Kier alpha value is -4.81. The molecule has 3 N–H and O–H groups in total. The molecule has 0 aliphatic carbocycles. The highest BCUT2D eigenvalue weighted by atomic mass is 19.1. The van der Waals surface area contributed by atoms with Gasteiger partial charge in [0.05, 0.1) is 24.0 Å². The molecule has 2 aliphatic heterocycles. The minimum absolute atomic E-state index is 0.169. The molecule has 2 aliphatic rings. The number of aldehydes is 1. The quantitative estimate of drug-likeness (QED) is 0.154. The number of pyridine rings is 1. The van der Waals surface area contributed by atoms with Gasteiger partial charge in [0.15, 0.2) is 0 Å². The van der Waals surface area contributed by atoms with Crippen molar-refractivity contribution < 1.29 is 23.8 Å². The number of carbonyl (C=O) groups is 1. The van der Waals surface area contributed by atoms with Gasteiger partial charge in [-0.05, 0) is 69.7 Å². The highest BCUT2D eigenvalue weighted by molar-refractivity contribution is 5.95. The molecular formula is C34H40FN7O4. The topological polar surface area (TPSA) is 125 Å². The van der Waals surface area contributed by atoms with E-state index in [0.29, 0.717) is 40.9 Å². The van der Waals surface area contributed by atoms with Crippen molar-refractivity contribution >= 4 is 40.2 Å². The lowest BCUT2D eigenvalue weighted by Crippen LogP contribution is -2.36. The number of benzene rings is 2. The Morgan fingerprint density at radius 2 is 1.83 bits per heavy atom. The Bertz CT molecular complexity index is 1640. The molecule has 4 aromatic rings. The number of halogens is 1. The lowest BCUT2D eigenvalue weighted by atomic mass is 10.0. The maximum Gasteiger partial charge on any atom is 0.150 e. The van der Waals surface area contributed by atoms with Crippen molar-refractivity contribution in [3.05, 3.63) is 73.5 Å². The number of aliphatic hydroxyl groups excluding tert-OH is 1. The molecule has 0 radical (unpaired) electrons. The molecule has 0 bridgehead atoms. The molecule has 12 heteroatoms. The zero-order valence-electron chi connectivity index (χ0n) is 26.2. The molecule has 2 aromatic heterocycles. The van der Waals surface area contributed by atoms with Gasteiger partial charge in [-0.15, -0.1) is 0 Å². The minimum Gasteiger partial charge on any atom is -0.495 e. The van der Waals surface area contributed by atoms with Gasteiger partial charge in [-0.1, -0.05) is 6.58 Å². The summed E-state index contributed by atoms with van der Waals surface area (Å²) >= 11 is 0. The van der Waals surface area contributed by atoms with Crippen molar-refractivity contribution in [3.63, 3.8) is 0 Å². The van der Waals surface area contributed by atoms with Gasteiger partial charge in [0.1, 0.15) is 47.3 Å². The zero-order valence-corrected chi connectivity index (χ0v) is 26.2. The molecule has 2 aromatic carbocycles. The number of aromatic nitrogens is 3. The molecule has 2 saturated heterocycles. The molecule has 0 amide bonds. The fourth-order valence-electron chi connectivity index (χ4n) is 5.59. The summed E-state index contributed by atoms with van der Waals surface area (Å²) in [6.45, 7) is 6.93. The van der Waals surface area contributed by atoms with Gasteiger partial charge in [0.25, 0.3) is 0 Å². The maximum atomic E-state index is 15.3. The smallest absolute Gasteiger partial charge is 0.150 e. The van der Waals surface area contributed by atoms with Crippen LogP contribution in [0.5, 0.6) is 17.2 Å². The second-order valence-electron chi connectivity index (χ2n) is 11.4. The van der Waals surface area contributed by atoms with Gasteiger partial charge in [0, 0.05) is 61.4 Å². The van der Waals surface area contributed by atoms with E-state index in [9.17, 15) is 5.11 Å². The normalized spacial score (nSPS) is 16.8. The zero-order chi connectivity index (χ0) is 32.5. The number of fused-ring (bicyclic) bond motifs is 1. The van der Waals surface area contributed by atoms with Crippen LogP contribution in [0, 0.1) is 11.7 Å². The summed E-state index contributed by atoms with van der Waals surface area (Å²) in [7, 11) is 3.78. The molecule has 242 valence electrons. The summed E-state index contributed by atoms with van der Waals surface area (Å²) in [6.07, 6.45) is 7.96. The first kappa shape index (κ1) is 32.6. The molecule has 4 heterocycles. The van der Waals surface area contributed by atoms with Crippen LogP contribution in [0.2, 0.25) is 0 Å². The Balaban J connectivity index is 0.000000985. The van der Waals surface area contributed by atoms with Crippen LogP contribution in [0.3, 0.4) is 0 Å². The van der Waals surface area contributed by atoms with Crippen LogP contribution >= 0.6 is 0 Å². The number of anilines is 4. The summed E-state index contributed by atoms with van der Waals surface area (Å²) in [6, 6.07) is 12.4. The number of nitrogens with one attached hydrogen (secondary N) is 2. The molecule has 2 fully saturated rings. The summed E-state index contributed by atoms with van der Waals surface area (Å²) in [4.78, 5) is 26.8. The van der Waals surface area contributed by atoms with E-state index in [1.807, 2.05) is 18.2 Å². The third kappa shape index (κ3) is 8.06. The first-order chi connectivity index (χ1) is 22.4. The largest absolute Gasteiger partial charge is 0.495 e. The number of hydrogen-bond acceptors (Lipinski definition) is 11. The van der Waals surface area contributed by atoms with Gasteiger partial charge in [-0.3, -0.25) is 4.79 Å². The van der Waals surface area contributed by atoms with Crippen molar-refractivity contribution in [2.75, 3.05) is 62.5 Å². The fraction of sp³-hybridized carbons (Fsp3) is 0.353. The van der Waals surface area contributed by atoms with E-state index in [4.69, 9.17) is 14.3 Å². The number of piperidine rings is 1. The molecule has 6 rings (SSSR count). The van der Waals surface area contributed by atoms with Crippen LogP contribution < -0.4 is 25.0 Å². The number of nitrogens with zero attached hydrogens (tertiary/aromatic N) is 5. The third-order valence-electron chi connectivity index (χ3n) is 8.15. The third-order valence-corrected chi connectivity index (χ3v) is 8.15. The van der Waals surface area contributed by atoms with E-state index in [-0.39, 0.29) is 18.2 Å². The highest BCUT2D eigenvalue weighted by Gasteiger charge is 2.23. The summed E-state index contributed by atoms with van der Waals surface area (Å²) in [5.74, 6) is 2.68. The summed E-state index contributed by atoms with van der Waals surface area (Å²) < 4.78 is 26.9. The van der Waals surface area contributed by atoms with Crippen LogP contribution in [0.25, 0.3) is 10.9 Å². The Kier molecular flexibility index (Phi) is 10.9. The van der Waals surface area contributed by atoms with Crippen molar-refractivity contribution in [1.82, 2.24) is 19.9 Å². The van der Waals surface area contributed by atoms with E-state index in [2.05, 4.69) is 49.0 Å². The van der Waals surface area contributed by atoms with Gasteiger partial charge >= 0.3 is 0 Å². The molecule has 1 atom stereocenters. The second-order valence-corrected chi connectivity index (χ2v) is 11.4. The first-order valence-electron chi connectivity index (χ1n) is 15.3. The van der Waals surface area contributed by atoms with Crippen LogP contribution in [0.4, 0.5) is 27.4 Å². The first-order valence-corrected chi connectivity index (χ1v) is 15.3. The van der Waals surface area contributed by atoms with Crippen molar-refractivity contribution in [1.29, 1.82) is 0 Å². The lowest BCUT2D eigenvalue weighted by Gasteiger charge is -2.30. The number of ether oxygens (including phenoxy) is 2. The monoisotopic (exact) mass is 629 g/mol. The molecule has 46 heavy (non-hydrogen) atoms. The molecule has 0 spiro atoms. The van der Waals surface area contributed by atoms with Crippen LogP contribution in [-0.4, -0.2) is 84.2 Å². The average molecular weight is 630 g/mol. The van der Waals surface area contributed by atoms with E-state index in [1.54, 1.807) is 31.5 Å². The molecular weight excluding hydrogens is 589 g/mol. The van der Waals surface area contributed by atoms with E-state index < -0.39 is 5.82 Å². The summed E-state index contributed by atoms with van der Waals surface area (Å²) in [5, 5.41) is 17.0. The Labute approximate surface area is 268 Å². The number of likely N-dealkylation sites (tertiary alicyclic amines) is 1. The number of allylic oxidation sites excluding steroid dienone is 1. The van der Waals surface area contributed by atoms with Crippen LogP contribution in [-0.2, 0) is 4.79 Å². The Morgan fingerprint density at radius 3 is 2.52 bits per heavy atom. The van der Waals surface area contributed by atoms with Gasteiger partial charge in [-0.25, -0.2) is 19.3 Å². The average Bonchev–Trinajstić information content (AvgIpc) is 3.57. The number of rotatable bonds is 10. The molecule has 11 nitrogen and oxygen atoms in total. The molecule has 1 unspecified atom stereocenters. The Morgan fingerprint density at radius 1 is 1.04 bits per heavy atom. The summed E-state index contributed by atoms with van der Waals surface area (Å²) in [5.41, 5.74) is 1.82. The standard InChI is InChI=1S/C31H36FN7O3.C3H4O/c1-38-10-7-21(8-11-38)36-28-15-24-27(16-29(28)41-2)34-19-35-31(24)37-26-4-3-22(13-25(26)32)42-23-5-9-33-30(14-23)39-12-6-20(17-39)18-40;1-2-3-4/h3-5,9,13-16,19-21,36,40H,6-8,10-12,17-18H2,1-2H3,(H,34,35,37);2-3H,1H2. The van der Waals surface area contributed by atoms with E-state index in [1.165, 1.54) is 18.5 Å². The van der Waals surface area contributed by atoms with E-state index >= 15 is 4.39 Å². The fourth-order valence-corrected chi connectivity index (χ4v) is 5.59. The van der Waals surface area contributed by atoms with Gasteiger partial charge in [0.2, 0.25) is 0 Å². The van der Waals surface area contributed by atoms with E-state index in [0.717, 1.165) is 62.3 Å². The van der Waals surface area contributed by atoms with Crippen molar-refractivity contribution in [2.24, 2.45) is 5.92 Å². The minimum atomic E-state index is -0.475. The number of methoxy groups -OCH3 is 1. The number of carbonyl (C=O) groups excluding carboxylic acids is 1. The number of hydrogen-bond donors (Lipinski definition) is 3. The van der Waals surface area contributed by atoms with Crippen molar-refractivity contribution in [2.45, 2.75) is 25.3 Å². The molecule has 0 saturated carbocycles. The van der Waals surface area contributed by atoms with Gasteiger partial charge < -0.3 is 35.0 Å².